The van der Waals surface area contributed by atoms with Crippen LogP contribution in [-0.2, 0) is 4.79 Å². The van der Waals surface area contributed by atoms with Gasteiger partial charge < -0.3 is 5.73 Å². The van der Waals surface area contributed by atoms with Crippen LogP contribution in [0.15, 0.2) is 0 Å². The molecule has 2 aliphatic rings. The van der Waals surface area contributed by atoms with Gasteiger partial charge in [0.1, 0.15) is 0 Å². The number of ketones is 1. The number of hydrogen-bond donors (Lipinski definition) is 7. The van der Waals surface area contributed by atoms with Gasteiger partial charge in [0, 0.05) is 0 Å². The lowest BCUT2D eigenvalue weighted by Gasteiger charge is -2.48. The van der Waals surface area contributed by atoms with E-state index in [0.29, 0.717) is 0 Å². The van der Waals surface area contributed by atoms with E-state index < -0.39 is 5.54 Å². The Bertz CT molecular complexity index is 298. The molecule has 9 heteroatoms. The zero-order valence-corrected chi connectivity index (χ0v) is 10.9. The van der Waals surface area contributed by atoms with Crippen LogP contribution in [0.3, 0.4) is 0 Å². The van der Waals surface area contributed by atoms with Crippen molar-refractivity contribution in [2.24, 2.45) is 17.5 Å². The van der Waals surface area contributed by atoms with Crippen molar-refractivity contribution in [3.05, 3.63) is 0 Å². The molecule has 0 amide bonds. The molecule has 2 aliphatic heterocycles. The van der Waals surface area contributed by atoms with Crippen molar-refractivity contribution in [3.8, 4) is 0 Å². The fourth-order valence-corrected chi connectivity index (χ4v) is 2.67. The molecule has 0 spiro atoms. The maximum atomic E-state index is 12.3. The van der Waals surface area contributed by atoms with Crippen molar-refractivity contribution in [2.75, 3.05) is 0 Å². The van der Waals surface area contributed by atoms with Crippen LogP contribution in [-0.4, -0.2) is 27.7 Å². The fourth-order valence-electron chi connectivity index (χ4n) is 1.98. The Labute approximate surface area is 107 Å². The number of hydrazine groups is 3. The fraction of sp³-hybridized carbons (Fsp3) is 0.857. The number of Topliss-reactive ketones (excluding diaryl/α,β-unsaturated/α-hetero) is 1. The molecule has 2 fully saturated rings. The molecule has 0 saturated carbocycles. The summed E-state index contributed by atoms with van der Waals surface area (Å²) in [5, 5.41) is 3.23. The number of carbonyl (C=O) groups excluding carboxylic acids is 1. The van der Waals surface area contributed by atoms with Gasteiger partial charge in [-0.05, 0) is 6.92 Å². The van der Waals surface area contributed by atoms with Crippen LogP contribution in [0, 0.1) is 5.92 Å². The van der Waals surface area contributed by atoms with E-state index in [4.69, 9.17) is 11.6 Å². The van der Waals surface area contributed by atoms with Crippen molar-refractivity contribution in [1.29, 1.82) is 0 Å². The monoisotopic (exact) mass is 341 g/mol. The maximum Gasteiger partial charge on any atom is 0.163 e. The lowest BCUT2D eigenvalue weighted by molar-refractivity contribution is -0.135. The van der Waals surface area contributed by atoms with E-state index >= 15 is 0 Å². The van der Waals surface area contributed by atoms with E-state index in [9.17, 15) is 4.79 Å². The summed E-state index contributed by atoms with van der Waals surface area (Å²) in [5.74, 6) is 5.00. The van der Waals surface area contributed by atoms with Crippen LogP contribution >= 0.6 is 22.6 Å². The lowest BCUT2D eigenvalue weighted by Crippen LogP contribution is -2.81. The number of halogens is 1. The lowest BCUT2D eigenvalue weighted by atomic mass is 9.80. The Morgan fingerprint density at radius 2 is 2.19 bits per heavy atom. The van der Waals surface area contributed by atoms with Crippen molar-refractivity contribution >= 4 is 28.4 Å². The minimum Gasteiger partial charge on any atom is -0.317 e. The predicted octanol–water partition coefficient (Wildman–Crippen LogP) is -3.02. The van der Waals surface area contributed by atoms with Gasteiger partial charge >= 0.3 is 0 Å². The standard InChI is InChI=1S/C7H16IN7O/c1-7(9)3(16)2-4(11-6(7)8)13-15-14-5(2)12-10/h2,4-6,11-15H,9-10H2,1H3. The molecule has 2 saturated heterocycles. The van der Waals surface area contributed by atoms with E-state index in [-0.39, 0.29) is 28.1 Å². The molecule has 2 heterocycles. The minimum absolute atomic E-state index is 0.0277. The Kier molecular flexibility index (Phi) is 3.47. The zero-order chi connectivity index (χ0) is 11.9. The second kappa shape index (κ2) is 4.42. The highest BCUT2D eigenvalue weighted by Gasteiger charge is 2.52. The van der Waals surface area contributed by atoms with Crippen LogP contribution in [0.4, 0.5) is 0 Å². The van der Waals surface area contributed by atoms with Gasteiger partial charge in [0.2, 0.25) is 0 Å². The molecule has 0 bridgehead atoms. The van der Waals surface area contributed by atoms with Gasteiger partial charge in [0.25, 0.3) is 0 Å². The molecule has 92 valence electrons. The van der Waals surface area contributed by atoms with E-state index in [1.54, 1.807) is 6.92 Å². The van der Waals surface area contributed by atoms with Crippen molar-refractivity contribution < 1.29 is 4.79 Å². The van der Waals surface area contributed by atoms with Crippen molar-refractivity contribution in [1.82, 2.24) is 27.1 Å². The largest absolute Gasteiger partial charge is 0.317 e. The Hall–Kier alpha value is 0.120. The van der Waals surface area contributed by atoms with Gasteiger partial charge in [-0.2, -0.15) is 5.53 Å². The number of nitrogens with two attached hydrogens (primary N) is 2. The van der Waals surface area contributed by atoms with E-state index in [1.807, 2.05) is 0 Å². The summed E-state index contributed by atoms with van der Waals surface area (Å²) >= 11 is 2.13. The van der Waals surface area contributed by atoms with Crippen LogP contribution in [0.5, 0.6) is 0 Å². The summed E-state index contributed by atoms with van der Waals surface area (Å²) in [4.78, 5) is 12.3. The molecular formula is C7H16IN7O. The normalized spacial score (nSPS) is 48.9. The maximum absolute atomic E-state index is 12.3. The molecule has 0 aromatic rings. The van der Waals surface area contributed by atoms with Crippen LogP contribution in [0.2, 0.25) is 0 Å². The molecule has 16 heavy (non-hydrogen) atoms. The third kappa shape index (κ3) is 1.86. The molecule has 2 rings (SSSR count). The summed E-state index contributed by atoms with van der Waals surface area (Å²) in [6.45, 7) is 1.73. The van der Waals surface area contributed by atoms with E-state index in [1.165, 1.54) is 0 Å². The molecule has 8 nitrogen and oxygen atoms in total. The molecule has 0 radical (unpaired) electrons. The zero-order valence-electron chi connectivity index (χ0n) is 8.75. The van der Waals surface area contributed by atoms with Gasteiger partial charge in [0.05, 0.1) is 27.8 Å². The SMILES string of the molecule is CC1(N)C(=O)C2C(NN)NNNC2NC1I. The Morgan fingerprint density at radius 1 is 1.50 bits per heavy atom. The number of hydrogen-bond acceptors (Lipinski definition) is 8. The van der Waals surface area contributed by atoms with Gasteiger partial charge in [-0.25, -0.2) is 16.3 Å². The molecule has 0 aromatic heterocycles. The summed E-state index contributed by atoms with van der Waals surface area (Å²) in [7, 11) is 0. The first kappa shape index (κ1) is 12.6. The Balaban J connectivity index is 2.26. The highest BCUT2D eigenvalue weighted by molar-refractivity contribution is 14.1. The Morgan fingerprint density at radius 3 is 2.81 bits per heavy atom. The molecule has 0 aromatic carbocycles. The number of rotatable bonds is 1. The average Bonchev–Trinajstić information content (AvgIpc) is 2.26. The van der Waals surface area contributed by atoms with Gasteiger partial charge in [-0.3, -0.25) is 16.0 Å². The quantitative estimate of drug-likeness (QED) is 0.0883. The number of carbonyl (C=O) groups is 1. The summed E-state index contributed by atoms with van der Waals surface area (Å²) in [6, 6.07) is 0. The van der Waals surface area contributed by atoms with Crippen LogP contribution < -0.4 is 38.7 Å². The number of alkyl halides is 1. The van der Waals surface area contributed by atoms with Crippen LogP contribution in [0.1, 0.15) is 6.92 Å². The number of fused-ring (bicyclic) bond motifs is 1. The highest BCUT2D eigenvalue weighted by atomic mass is 127. The molecule has 5 unspecified atom stereocenters. The molecule has 0 aliphatic carbocycles. The van der Waals surface area contributed by atoms with Gasteiger partial charge in [-0.15, -0.1) is 0 Å². The smallest absolute Gasteiger partial charge is 0.163 e. The van der Waals surface area contributed by atoms with Gasteiger partial charge in [-0.1, -0.05) is 22.6 Å². The van der Waals surface area contributed by atoms with Crippen molar-refractivity contribution in [2.45, 2.75) is 28.8 Å². The topological polar surface area (TPSA) is 129 Å². The minimum atomic E-state index is -0.905. The summed E-state index contributed by atoms with van der Waals surface area (Å²) in [5.41, 5.74) is 16.2. The molecule has 5 atom stereocenters. The predicted molar refractivity (Wildman–Crippen MR) is 66.3 cm³/mol. The molecular weight excluding hydrogens is 325 g/mol. The van der Waals surface area contributed by atoms with E-state index in [2.05, 4.69) is 49.7 Å². The molecule has 9 N–H and O–H groups in total. The van der Waals surface area contributed by atoms with Crippen LogP contribution in [0.25, 0.3) is 0 Å². The number of nitrogens with one attached hydrogen (secondary N) is 5. The second-order valence-electron chi connectivity index (χ2n) is 4.24. The average molecular weight is 341 g/mol. The van der Waals surface area contributed by atoms with Crippen molar-refractivity contribution in [3.63, 3.8) is 0 Å². The summed E-state index contributed by atoms with van der Waals surface area (Å²) < 4.78 is -0.135. The third-order valence-corrected chi connectivity index (χ3v) is 4.69. The first-order valence-electron chi connectivity index (χ1n) is 4.94. The third-order valence-electron chi connectivity index (χ3n) is 3.04. The first-order chi connectivity index (χ1) is 7.48. The second-order valence-corrected chi connectivity index (χ2v) is 5.48. The number of piperidine rings is 1. The van der Waals surface area contributed by atoms with Gasteiger partial charge in [0.15, 0.2) is 5.78 Å². The van der Waals surface area contributed by atoms with E-state index in [0.717, 1.165) is 0 Å². The summed E-state index contributed by atoms with van der Waals surface area (Å²) in [6.07, 6.45) is -0.564. The highest BCUT2D eigenvalue weighted by Crippen LogP contribution is 2.28. The first-order valence-corrected chi connectivity index (χ1v) is 6.18.